The van der Waals surface area contributed by atoms with E-state index in [0.29, 0.717) is 31.1 Å². The Morgan fingerprint density at radius 3 is 2.53 bits per heavy atom. The van der Waals surface area contributed by atoms with Gasteiger partial charge in [-0.1, -0.05) is 41.6 Å². The maximum absolute atomic E-state index is 12.5. The molecule has 4 aromatic rings. The second-order valence-corrected chi connectivity index (χ2v) is 7.98. The zero-order valence-corrected chi connectivity index (χ0v) is 18.1. The molecule has 0 aliphatic carbocycles. The summed E-state index contributed by atoms with van der Waals surface area (Å²) in [6.45, 7) is 3.48. The Hall–Kier alpha value is -3.73. The lowest BCUT2D eigenvalue weighted by molar-refractivity contribution is -0.127. The molecule has 0 radical (unpaired) electrons. The molecule has 3 heterocycles. The first-order valence-corrected chi connectivity index (χ1v) is 10.6. The van der Waals surface area contributed by atoms with E-state index in [1.807, 2.05) is 31.2 Å². The van der Waals surface area contributed by atoms with Crippen LogP contribution in [0.3, 0.4) is 0 Å². The van der Waals surface area contributed by atoms with Crippen LogP contribution in [0.2, 0.25) is 0 Å². The molecule has 2 aromatic carbocycles. The number of aromatic nitrogens is 5. The van der Waals surface area contributed by atoms with Crippen molar-refractivity contribution in [2.45, 2.75) is 32.2 Å². The van der Waals surface area contributed by atoms with Crippen molar-refractivity contribution >= 4 is 0 Å². The highest BCUT2D eigenvalue weighted by molar-refractivity contribution is 5.57. The van der Waals surface area contributed by atoms with Crippen molar-refractivity contribution in [2.75, 3.05) is 13.2 Å². The summed E-state index contributed by atoms with van der Waals surface area (Å²) >= 11 is 0. The number of hydrogen-bond acceptors (Lipinski definition) is 7. The molecule has 0 amide bonds. The van der Waals surface area contributed by atoms with Crippen LogP contribution in [0.15, 0.2) is 53.1 Å². The molecule has 1 aliphatic rings. The van der Waals surface area contributed by atoms with Crippen LogP contribution in [0.5, 0.6) is 5.75 Å². The van der Waals surface area contributed by atoms with Gasteiger partial charge in [0.1, 0.15) is 17.7 Å². The second-order valence-electron chi connectivity index (χ2n) is 7.98. The van der Waals surface area contributed by atoms with E-state index in [9.17, 15) is 13.2 Å². The molecule has 0 spiro atoms. The molecule has 0 bridgehead atoms. The zero-order valence-electron chi connectivity index (χ0n) is 18.1. The number of halogens is 3. The van der Waals surface area contributed by atoms with E-state index in [0.717, 1.165) is 11.3 Å². The molecule has 1 aliphatic heterocycles. The third kappa shape index (κ3) is 5.09. The van der Waals surface area contributed by atoms with Gasteiger partial charge in [0.15, 0.2) is 0 Å². The van der Waals surface area contributed by atoms with Gasteiger partial charge in [-0.25, -0.2) is 9.67 Å². The van der Waals surface area contributed by atoms with Crippen LogP contribution < -0.4 is 4.74 Å². The number of hydrogen-bond donors (Lipinski definition) is 0. The van der Waals surface area contributed by atoms with Crippen LogP contribution >= 0.6 is 0 Å². The molecule has 0 N–H and O–H groups in total. The Morgan fingerprint density at radius 1 is 1.03 bits per heavy atom. The summed E-state index contributed by atoms with van der Waals surface area (Å²) in [4.78, 5) is 8.72. The molecule has 8 nitrogen and oxygen atoms in total. The quantitative estimate of drug-likeness (QED) is 0.399. The largest absolute Gasteiger partial charge is 0.486 e. The molecule has 2 aromatic heterocycles. The van der Waals surface area contributed by atoms with Crippen molar-refractivity contribution in [3.8, 4) is 28.9 Å². The average Bonchev–Trinajstić information content (AvgIpc) is 3.38. The zero-order chi connectivity index (χ0) is 23.7. The highest BCUT2D eigenvalue weighted by Crippen LogP contribution is 2.25. The van der Waals surface area contributed by atoms with Gasteiger partial charge in [-0.3, -0.25) is 0 Å². The van der Waals surface area contributed by atoms with E-state index in [1.54, 1.807) is 4.68 Å². The van der Waals surface area contributed by atoms with Crippen LogP contribution in [0.25, 0.3) is 23.1 Å². The van der Waals surface area contributed by atoms with Crippen LogP contribution in [0.4, 0.5) is 13.2 Å². The molecule has 1 saturated heterocycles. The van der Waals surface area contributed by atoms with Crippen LogP contribution in [-0.2, 0) is 17.7 Å². The average molecular weight is 471 g/mol. The Balaban J connectivity index is 1.29. The van der Waals surface area contributed by atoms with Gasteiger partial charge < -0.3 is 14.0 Å². The normalized spacial score (nSPS) is 14.2. The lowest BCUT2D eigenvalue weighted by atomic mass is 10.1. The van der Waals surface area contributed by atoms with Crippen molar-refractivity contribution in [1.82, 2.24) is 24.9 Å². The Bertz CT molecular complexity index is 1280. The number of alkyl halides is 3. The summed E-state index contributed by atoms with van der Waals surface area (Å²) in [6.07, 6.45) is -5.17. The maximum atomic E-state index is 12.5. The molecule has 34 heavy (non-hydrogen) atoms. The molecule has 176 valence electrons. The van der Waals surface area contributed by atoms with Gasteiger partial charge in [0, 0.05) is 5.56 Å². The number of nitrogens with zero attached hydrogens (tertiary/aromatic N) is 5. The number of benzene rings is 2. The molecule has 5 rings (SSSR count). The molecule has 1 fully saturated rings. The minimum absolute atomic E-state index is 0.0857. The number of aryl methyl sites for hydroxylation is 1. The Labute approximate surface area is 192 Å². The lowest BCUT2D eigenvalue weighted by Gasteiger charge is -2.26. The monoisotopic (exact) mass is 471 g/mol. The van der Waals surface area contributed by atoms with Gasteiger partial charge in [0.05, 0.1) is 26.2 Å². The predicted octanol–water partition coefficient (Wildman–Crippen LogP) is 4.23. The minimum atomic E-state index is -4.26. The Morgan fingerprint density at radius 2 is 1.82 bits per heavy atom. The Kier molecular flexibility index (Phi) is 5.78. The summed E-state index contributed by atoms with van der Waals surface area (Å²) in [5.41, 5.74) is 1.68. The third-order valence-electron chi connectivity index (χ3n) is 5.23. The van der Waals surface area contributed by atoms with Crippen molar-refractivity contribution in [2.24, 2.45) is 0 Å². The molecule has 0 unspecified atom stereocenters. The smallest absolute Gasteiger partial charge is 0.393 e. The molecule has 0 saturated carbocycles. The fourth-order valence-electron chi connectivity index (χ4n) is 3.46. The third-order valence-corrected chi connectivity index (χ3v) is 5.23. The first-order valence-electron chi connectivity index (χ1n) is 10.6. The van der Waals surface area contributed by atoms with Gasteiger partial charge >= 0.3 is 6.18 Å². The number of ether oxygens (including phenoxy) is 2. The van der Waals surface area contributed by atoms with Crippen LogP contribution in [-0.4, -0.2) is 50.4 Å². The maximum Gasteiger partial charge on any atom is 0.393 e. The van der Waals surface area contributed by atoms with Crippen molar-refractivity contribution in [1.29, 1.82) is 0 Å². The fraction of sp³-hybridized carbons (Fsp3) is 0.304. The van der Waals surface area contributed by atoms with Gasteiger partial charge in [0.25, 0.3) is 5.89 Å². The van der Waals surface area contributed by atoms with E-state index < -0.39 is 12.6 Å². The van der Waals surface area contributed by atoms with Crippen molar-refractivity contribution < 1.29 is 27.2 Å². The highest BCUT2D eigenvalue weighted by Gasteiger charge is 2.27. The first-order chi connectivity index (χ1) is 16.3. The fourth-order valence-corrected chi connectivity index (χ4v) is 3.46. The predicted molar refractivity (Wildman–Crippen MR) is 114 cm³/mol. The van der Waals surface area contributed by atoms with Crippen molar-refractivity contribution in [3.63, 3.8) is 0 Å². The molecular weight excluding hydrogens is 451 g/mol. The summed E-state index contributed by atoms with van der Waals surface area (Å²) < 4.78 is 55.7. The van der Waals surface area contributed by atoms with E-state index in [4.69, 9.17) is 14.0 Å². The van der Waals surface area contributed by atoms with Crippen molar-refractivity contribution in [3.05, 3.63) is 65.5 Å². The molecule has 0 atom stereocenters. The van der Waals surface area contributed by atoms with Crippen LogP contribution in [0, 0.1) is 6.92 Å². The summed E-state index contributed by atoms with van der Waals surface area (Å²) in [5.74, 6) is 2.06. The summed E-state index contributed by atoms with van der Waals surface area (Å²) in [6, 6.07) is 13.6. The van der Waals surface area contributed by atoms with E-state index in [2.05, 4.69) is 20.2 Å². The lowest BCUT2D eigenvalue weighted by Crippen LogP contribution is -2.38. The second kappa shape index (κ2) is 8.90. The summed E-state index contributed by atoms with van der Waals surface area (Å²) in [5, 5.41) is 8.40. The van der Waals surface area contributed by atoms with Crippen LogP contribution in [0.1, 0.15) is 17.0 Å². The number of rotatable bonds is 7. The first kappa shape index (κ1) is 22.1. The topological polar surface area (TPSA) is 88.1 Å². The van der Waals surface area contributed by atoms with E-state index in [-0.39, 0.29) is 29.2 Å². The van der Waals surface area contributed by atoms with Gasteiger partial charge in [-0.05, 0) is 30.2 Å². The van der Waals surface area contributed by atoms with E-state index >= 15 is 0 Å². The van der Waals surface area contributed by atoms with Gasteiger partial charge in [-0.15, -0.1) is 5.10 Å². The minimum Gasteiger partial charge on any atom is -0.486 e. The molecule has 11 heteroatoms. The SMILES string of the molecule is Cc1nc(-c2nc(-c3ccc(CC(F)(F)F)cc3)no2)nn1Cc1cccc(OC2COC2)c1. The van der Waals surface area contributed by atoms with E-state index in [1.165, 1.54) is 24.3 Å². The summed E-state index contributed by atoms with van der Waals surface area (Å²) in [7, 11) is 0. The van der Waals surface area contributed by atoms with Gasteiger partial charge in [-0.2, -0.15) is 18.2 Å². The molecular formula is C23H20F3N5O3. The standard InChI is InChI=1S/C23H20F3N5O3/c1-14-27-21(29-31(14)11-16-3-2-4-18(9-16)33-19-12-32-13-19)22-28-20(30-34-22)17-7-5-15(6-8-17)10-23(24,25)26/h2-9,19H,10-13H2,1H3. The van der Waals surface area contributed by atoms with Gasteiger partial charge in [0.2, 0.25) is 11.6 Å². The highest BCUT2D eigenvalue weighted by atomic mass is 19.4.